The molecule has 8 heteroatoms. The van der Waals surface area contributed by atoms with Gasteiger partial charge in [-0.1, -0.05) is 11.6 Å². The molecule has 0 spiro atoms. The summed E-state index contributed by atoms with van der Waals surface area (Å²) in [6.45, 7) is 4.21. The number of nitrogens with zero attached hydrogens (tertiary/aromatic N) is 1. The van der Waals surface area contributed by atoms with Gasteiger partial charge in [0.1, 0.15) is 26.4 Å². The first kappa shape index (κ1) is 21.3. The van der Waals surface area contributed by atoms with E-state index in [-0.39, 0.29) is 5.91 Å². The SMILES string of the molecule is CC(=CC(=O)Nc1nc(-c2ccc3c(c2)OCCO3)cs1)CCc1ccc2c(c1)OCCO2. The Morgan fingerprint density at radius 3 is 2.39 bits per heavy atom. The zero-order chi connectivity index (χ0) is 22.6. The summed E-state index contributed by atoms with van der Waals surface area (Å²) in [6, 6.07) is 11.7. The molecule has 0 atom stereocenters. The standard InChI is InChI=1S/C25H24N2O5S/c1-16(2-3-17-4-6-20-22(13-17)31-10-8-29-20)12-24(28)27-25-26-19(15-33-25)18-5-7-21-23(14-18)32-11-9-30-21/h4-7,12-15H,2-3,8-11H2,1H3,(H,26,27,28). The molecule has 0 bridgehead atoms. The third-order valence-corrected chi connectivity index (χ3v) is 6.12. The zero-order valence-electron chi connectivity index (χ0n) is 18.3. The maximum absolute atomic E-state index is 12.5. The normalized spacial score (nSPS) is 14.6. The van der Waals surface area contributed by atoms with Crippen LogP contribution in [0.2, 0.25) is 0 Å². The Bertz CT molecular complexity index is 1200. The summed E-state index contributed by atoms with van der Waals surface area (Å²) in [5.74, 6) is 2.85. The van der Waals surface area contributed by atoms with Crippen LogP contribution < -0.4 is 24.3 Å². The molecule has 1 amide bonds. The Labute approximate surface area is 196 Å². The molecule has 0 saturated heterocycles. The van der Waals surface area contributed by atoms with Gasteiger partial charge in [0.15, 0.2) is 28.1 Å². The number of carbonyl (C=O) groups is 1. The lowest BCUT2D eigenvalue weighted by atomic mass is 10.0. The molecular formula is C25H24N2O5S. The minimum Gasteiger partial charge on any atom is -0.486 e. The van der Waals surface area contributed by atoms with Crippen LogP contribution in [0.25, 0.3) is 11.3 Å². The molecule has 3 aromatic rings. The highest BCUT2D eigenvalue weighted by atomic mass is 32.1. The molecule has 170 valence electrons. The summed E-state index contributed by atoms with van der Waals surface area (Å²) in [6.07, 6.45) is 3.22. The molecule has 33 heavy (non-hydrogen) atoms. The third-order valence-electron chi connectivity index (χ3n) is 5.36. The van der Waals surface area contributed by atoms with E-state index in [0.29, 0.717) is 37.3 Å². The second-order valence-corrected chi connectivity index (χ2v) is 8.71. The van der Waals surface area contributed by atoms with Gasteiger partial charge in [0.05, 0.1) is 5.69 Å². The summed E-state index contributed by atoms with van der Waals surface area (Å²) in [7, 11) is 0. The second kappa shape index (κ2) is 9.54. The van der Waals surface area contributed by atoms with E-state index in [1.165, 1.54) is 11.3 Å². The van der Waals surface area contributed by atoms with E-state index in [1.54, 1.807) is 6.08 Å². The lowest BCUT2D eigenvalue weighted by molar-refractivity contribution is -0.112. The summed E-state index contributed by atoms with van der Waals surface area (Å²) in [5, 5.41) is 5.34. The van der Waals surface area contributed by atoms with Crippen molar-refractivity contribution >= 4 is 22.4 Å². The molecule has 1 N–H and O–H groups in total. The Morgan fingerprint density at radius 2 is 1.64 bits per heavy atom. The lowest BCUT2D eigenvalue weighted by Gasteiger charge is -2.18. The molecule has 7 nitrogen and oxygen atoms in total. The van der Waals surface area contributed by atoms with Crippen LogP contribution in [-0.2, 0) is 11.2 Å². The molecule has 2 aliphatic rings. The van der Waals surface area contributed by atoms with Crippen LogP contribution in [0, 0.1) is 0 Å². The maximum atomic E-state index is 12.5. The first-order valence-electron chi connectivity index (χ1n) is 10.9. The van der Waals surface area contributed by atoms with Crippen molar-refractivity contribution < 1.29 is 23.7 Å². The lowest BCUT2D eigenvalue weighted by Crippen LogP contribution is -2.15. The molecule has 0 saturated carbocycles. The van der Waals surface area contributed by atoms with Crippen molar-refractivity contribution in [3.05, 3.63) is 59.0 Å². The smallest absolute Gasteiger partial charge is 0.250 e. The Morgan fingerprint density at radius 1 is 0.970 bits per heavy atom. The number of ether oxygens (including phenoxy) is 4. The van der Waals surface area contributed by atoms with Gasteiger partial charge >= 0.3 is 0 Å². The van der Waals surface area contributed by atoms with E-state index in [4.69, 9.17) is 18.9 Å². The molecule has 0 radical (unpaired) electrons. The topological polar surface area (TPSA) is 78.9 Å². The first-order valence-corrected chi connectivity index (χ1v) is 11.7. The van der Waals surface area contributed by atoms with Gasteiger partial charge in [0.2, 0.25) is 5.91 Å². The fourth-order valence-electron chi connectivity index (χ4n) is 3.69. The molecule has 0 aliphatic carbocycles. The van der Waals surface area contributed by atoms with Crippen molar-refractivity contribution in [3.8, 4) is 34.3 Å². The number of fused-ring (bicyclic) bond motifs is 2. The van der Waals surface area contributed by atoms with E-state index in [9.17, 15) is 4.79 Å². The highest BCUT2D eigenvalue weighted by molar-refractivity contribution is 7.14. The van der Waals surface area contributed by atoms with E-state index >= 15 is 0 Å². The summed E-state index contributed by atoms with van der Waals surface area (Å²) in [4.78, 5) is 17.0. The predicted molar refractivity (Wildman–Crippen MR) is 127 cm³/mol. The average Bonchev–Trinajstić information content (AvgIpc) is 3.30. The van der Waals surface area contributed by atoms with Gasteiger partial charge in [0.25, 0.3) is 0 Å². The number of aromatic nitrogens is 1. The number of hydrogen-bond donors (Lipinski definition) is 1. The maximum Gasteiger partial charge on any atom is 0.250 e. The number of rotatable bonds is 6. The van der Waals surface area contributed by atoms with Crippen molar-refractivity contribution in [1.29, 1.82) is 0 Å². The number of nitrogens with one attached hydrogen (secondary N) is 1. The summed E-state index contributed by atoms with van der Waals surface area (Å²) < 4.78 is 22.4. The van der Waals surface area contributed by atoms with Crippen molar-refractivity contribution in [2.45, 2.75) is 19.8 Å². The van der Waals surface area contributed by atoms with Crippen LogP contribution in [-0.4, -0.2) is 37.3 Å². The van der Waals surface area contributed by atoms with Gasteiger partial charge in [-0.3, -0.25) is 10.1 Å². The van der Waals surface area contributed by atoms with Gasteiger partial charge in [0, 0.05) is 17.0 Å². The minimum absolute atomic E-state index is 0.183. The molecule has 0 unspecified atom stereocenters. The average molecular weight is 465 g/mol. The molecule has 3 heterocycles. The summed E-state index contributed by atoms with van der Waals surface area (Å²) in [5.41, 5.74) is 3.84. The van der Waals surface area contributed by atoms with Crippen LogP contribution in [0.15, 0.2) is 53.4 Å². The third kappa shape index (κ3) is 5.12. The number of allylic oxidation sites excluding steroid dienone is 1. The zero-order valence-corrected chi connectivity index (χ0v) is 19.1. The largest absolute Gasteiger partial charge is 0.486 e. The Kier molecular flexibility index (Phi) is 6.17. The van der Waals surface area contributed by atoms with Gasteiger partial charge in [-0.2, -0.15) is 0 Å². The van der Waals surface area contributed by atoms with Crippen molar-refractivity contribution in [2.75, 3.05) is 31.7 Å². The molecule has 0 fully saturated rings. The minimum atomic E-state index is -0.183. The van der Waals surface area contributed by atoms with E-state index < -0.39 is 0 Å². The van der Waals surface area contributed by atoms with E-state index in [1.807, 2.05) is 48.7 Å². The number of carbonyl (C=O) groups excluding carboxylic acids is 1. The predicted octanol–water partition coefficient (Wildman–Crippen LogP) is 4.87. The quantitative estimate of drug-likeness (QED) is 0.525. The number of aryl methyl sites for hydroxylation is 1. The Balaban J connectivity index is 1.17. The number of hydrogen-bond acceptors (Lipinski definition) is 7. The van der Waals surface area contributed by atoms with Crippen LogP contribution in [0.3, 0.4) is 0 Å². The van der Waals surface area contributed by atoms with Gasteiger partial charge in [-0.05, 0) is 55.7 Å². The molecule has 5 rings (SSSR count). The molecule has 1 aromatic heterocycles. The van der Waals surface area contributed by atoms with Gasteiger partial charge in [-0.25, -0.2) is 4.98 Å². The fourth-order valence-corrected chi connectivity index (χ4v) is 4.41. The van der Waals surface area contributed by atoms with Crippen molar-refractivity contribution in [2.24, 2.45) is 0 Å². The van der Waals surface area contributed by atoms with Crippen LogP contribution in [0.5, 0.6) is 23.0 Å². The molecule has 2 aliphatic heterocycles. The fraction of sp³-hybridized carbons (Fsp3) is 0.280. The second-order valence-electron chi connectivity index (χ2n) is 7.85. The number of thiazole rings is 1. The van der Waals surface area contributed by atoms with Gasteiger partial charge < -0.3 is 18.9 Å². The first-order chi connectivity index (χ1) is 16.1. The highest BCUT2D eigenvalue weighted by Gasteiger charge is 2.15. The van der Waals surface area contributed by atoms with Crippen LogP contribution >= 0.6 is 11.3 Å². The number of anilines is 1. The van der Waals surface area contributed by atoms with Crippen molar-refractivity contribution in [1.82, 2.24) is 4.98 Å². The van der Waals surface area contributed by atoms with E-state index in [2.05, 4.69) is 10.3 Å². The highest BCUT2D eigenvalue weighted by Crippen LogP contribution is 2.35. The number of benzene rings is 2. The summed E-state index contributed by atoms with van der Waals surface area (Å²) >= 11 is 1.39. The molecular weight excluding hydrogens is 440 g/mol. The molecule has 2 aromatic carbocycles. The van der Waals surface area contributed by atoms with E-state index in [0.717, 1.165) is 52.5 Å². The monoisotopic (exact) mass is 464 g/mol. The van der Waals surface area contributed by atoms with Crippen LogP contribution in [0.1, 0.15) is 18.9 Å². The Hall–Kier alpha value is -3.52. The van der Waals surface area contributed by atoms with Crippen molar-refractivity contribution in [3.63, 3.8) is 0 Å². The van der Waals surface area contributed by atoms with Gasteiger partial charge in [-0.15, -0.1) is 11.3 Å². The number of amides is 1. The van der Waals surface area contributed by atoms with Crippen LogP contribution in [0.4, 0.5) is 5.13 Å².